The van der Waals surface area contributed by atoms with Gasteiger partial charge in [-0.05, 0) is 51.0 Å². The van der Waals surface area contributed by atoms with Crippen molar-refractivity contribution >= 4 is 11.8 Å². The third-order valence-electron chi connectivity index (χ3n) is 5.42. The zero-order valence-corrected chi connectivity index (χ0v) is 15.3. The third-order valence-corrected chi connectivity index (χ3v) is 6.61. The maximum absolute atomic E-state index is 3.86. The zero-order chi connectivity index (χ0) is 15.1. The molecule has 2 aliphatic rings. The van der Waals surface area contributed by atoms with Crippen LogP contribution in [0.1, 0.15) is 59.3 Å². The summed E-state index contributed by atoms with van der Waals surface area (Å²) in [4.78, 5) is 2.77. The molecule has 124 valence electrons. The fourth-order valence-corrected chi connectivity index (χ4v) is 5.25. The molecule has 4 unspecified atom stereocenters. The molecule has 0 aromatic carbocycles. The molecular weight excluding hydrogens is 276 g/mol. The van der Waals surface area contributed by atoms with Crippen molar-refractivity contribution in [2.45, 2.75) is 71.4 Å². The summed E-state index contributed by atoms with van der Waals surface area (Å²) in [5, 5.41) is 3.86. The van der Waals surface area contributed by atoms with Crippen LogP contribution >= 0.6 is 11.8 Å². The van der Waals surface area contributed by atoms with E-state index in [0.29, 0.717) is 0 Å². The lowest BCUT2D eigenvalue weighted by atomic mass is 9.76. The summed E-state index contributed by atoms with van der Waals surface area (Å²) >= 11 is 2.13. The van der Waals surface area contributed by atoms with Crippen LogP contribution in [-0.4, -0.2) is 48.1 Å². The van der Waals surface area contributed by atoms with Crippen molar-refractivity contribution in [2.24, 2.45) is 11.8 Å². The van der Waals surface area contributed by atoms with Gasteiger partial charge in [0.05, 0.1) is 0 Å². The highest BCUT2D eigenvalue weighted by Gasteiger charge is 2.32. The van der Waals surface area contributed by atoms with Gasteiger partial charge in [-0.25, -0.2) is 0 Å². The smallest absolute Gasteiger partial charge is 0.0158 e. The summed E-state index contributed by atoms with van der Waals surface area (Å²) in [7, 11) is 0. The molecule has 1 aliphatic heterocycles. The SMILES string of the molecule is CCCNC1CCC(CCC)CC1CN1CCSCC1C. The fraction of sp³-hybridized carbons (Fsp3) is 1.00. The van der Waals surface area contributed by atoms with Gasteiger partial charge >= 0.3 is 0 Å². The molecule has 3 heteroatoms. The summed E-state index contributed by atoms with van der Waals surface area (Å²) < 4.78 is 0. The van der Waals surface area contributed by atoms with Crippen molar-refractivity contribution in [3.8, 4) is 0 Å². The van der Waals surface area contributed by atoms with E-state index in [9.17, 15) is 0 Å². The van der Waals surface area contributed by atoms with Crippen LogP contribution in [0, 0.1) is 11.8 Å². The minimum atomic E-state index is 0.778. The van der Waals surface area contributed by atoms with Gasteiger partial charge in [0.15, 0.2) is 0 Å². The molecule has 1 saturated carbocycles. The maximum atomic E-state index is 3.86. The van der Waals surface area contributed by atoms with Gasteiger partial charge in [-0.1, -0.05) is 26.7 Å². The molecule has 1 aliphatic carbocycles. The number of rotatable bonds is 7. The zero-order valence-electron chi connectivity index (χ0n) is 14.4. The van der Waals surface area contributed by atoms with Gasteiger partial charge in [0.25, 0.3) is 0 Å². The highest BCUT2D eigenvalue weighted by Crippen LogP contribution is 2.33. The minimum Gasteiger partial charge on any atom is -0.314 e. The van der Waals surface area contributed by atoms with E-state index in [1.807, 2.05) is 0 Å². The van der Waals surface area contributed by atoms with E-state index < -0.39 is 0 Å². The van der Waals surface area contributed by atoms with Crippen LogP contribution in [0.3, 0.4) is 0 Å². The Balaban J connectivity index is 1.91. The first kappa shape index (κ1) is 17.6. The van der Waals surface area contributed by atoms with E-state index in [1.165, 1.54) is 69.7 Å². The molecule has 2 nitrogen and oxygen atoms in total. The molecule has 0 radical (unpaired) electrons. The standard InChI is InChI=1S/C18H36N2S/c1-4-6-16-7-8-18(19-9-5-2)17(12-16)13-20-10-11-21-14-15(20)3/h15-19H,4-14H2,1-3H3. The largest absolute Gasteiger partial charge is 0.314 e. The molecule has 1 heterocycles. The van der Waals surface area contributed by atoms with Crippen molar-refractivity contribution in [1.29, 1.82) is 0 Å². The Hall–Kier alpha value is 0.270. The molecule has 1 saturated heterocycles. The summed E-state index contributed by atoms with van der Waals surface area (Å²) in [5.74, 6) is 4.54. The van der Waals surface area contributed by atoms with Gasteiger partial charge in [-0.3, -0.25) is 4.90 Å². The summed E-state index contributed by atoms with van der Waals surface area (Å²) in [6, 6.07) is 1.56. The molecule has 2 rings (SSSR count). The van der Waals surface area contributed by atoms with E-state index >= 15 is 0 Å². The quantitative estimate of drug-likeness (QED) is 0.764. The Morgan fingerprint density at radius 1 is 1.19 bits per heavy atom. The molecule has 0 aromatic rings. The lowest BCUT2D eigenvalue weighted by Crippen LogP contribution is -2.50. The molecule has 0 bridgehead atoms. The minimum absolute atomic E-state index is 0.778. The van der Waals surface area contributed by atoms with Crippen LogP contribution in [0.15, 0.2) is 0 Å². The van der Waals surface area contributed by atoms with Crippen molar-refractivity contribution < 1.29 is 0 Å². The van der Waals surface area contributed by atoms with Gasteiger partial charge in [-0.15, -0.1) is 0 Å². The highest BCUT2D eigenvalue weighted by atomic mass is 32.2. The first-order valence-corrected chi connectivity index (χ1v) is 10.4. The molecule has 1 N–H and O–H groups in total. The van der Waals surface area contributed by atoms with E-state index in [0.717, 1.165) is 23.9 Å². The van der Waals surface area contributed by atoms with Crippen LogP contribution in [0.25, 0.3) is 0 Å². The normalized spacial score (nSPS) is 35.0. The summed E-state index contributed by atoms with van der Waals surface area (Å²) in [5.41, 5.74) is 0. The van der Waals surface area contributed by atoms with E-state index in [4.69, 9.17) is 0 Å². The van der Waals surface area contributed by atoms with E-state index in [-0.39, 0.29) is 0 Å². The van der Waals surface area contributed by atoms with Crippen LogP contribution in [-0.2, 0) is 0 Å². The average Bonchev–Trinajstić information content (AvgIpc) is 2.49. The Labute approximate surface area is 136 Å². The summed E-state index contributed by atoms with van der Waals surface area (Å²) in [6.07, 6.45) is 8.40. The summed E-state index contributed by atoms with van der Waals surface area (Å²) in [6.45, 7) is 10.9. The van der Waals surface area contributed by atoms with Crippen LogP contribution in [0.5, 0.6) is 0 Å². The molecule has 4 atom stereocenters. The lowest BCUT2D eigenvalue weighted by molar-refractivity contribution is 0.121. The monoisotopic (exact) mass is 312 g/mol. The first-order valence-electron chi connectivity index (χ1n) is 9.29. The third kappa shape index (κ3) is 5.44. The van der Waals surface area contributed by atoms with Crippen LogP contribution < -0.4 is 5.32 Å². The Bertz CT molecular complexity index is 284. The number of hydrogen-bond donors (Lipinski definition) is 1. The fourth-order valence-electron chi connectivity index (χ4n) is 4.17. The Morgan fingerprint density at radius 3 is 2.76 bits per heavy atom. The number of nitrogens with one attached hydrogen (secondary N) is 1. The van der Waals surface area contributed by atoms with Crippen molar-refractivity contribution in [3.05, 3.63) is 0 Å². The molecule has 0 amide bonds. The van der Waals surface area contributed by atoms with Crippen molar-refractivity contribution in [3.63, 3.8) is 0 Å². The highest BCUT2D eigenvalue weighted by molar-refractivity contribution is 7.99. The first-order chi connectivity index (χ1) is 10.2. The average molecular weight is 313 g/mol. The van der Waals surface area contributed by atoms with Gasteiger partial charge in [-0.2, -0.15) is 11.8 Å². The van der Waals surface area contributed by atoms with Gasteiger partial charge < -0.3 is 5.32 Å². The van der Waals surface area contributed by atoms with Gasteiger partial charge in [0, 0.05) is 36.7 Å². The molecule has 2 fully saturated rings. The Morgan fingerprint density at radius 2 is 2.05 bits per heavy atom. The van der Waals surface area contributed by atoms with E-state index in [2.05, 4.69) is 42.7 Å². The second-order valence-corrected chi connectivity index (χ2v) is 8.36. The maximum Gasteiger partial charge on any atom is 0.0158 e. The Kier molecular flexibility index (Phi) is 7.90. The van der Waals surface area contributed by atoms with Crippen LogP contribution in [0.4, 0.5) is 0 Å². The number of thioether (sulfide) groups is 1. The van der Waals surface area contributed by atoms with Crippen molar-refractivity contribution in [1.82, 2.24) is 10.2 Å². The molecule has 0 aromatic heterocycles. The predicted octanol–water partition coefficient (Wildman–Crippen LogP) is 4.01. The molecule has 21 heavy (non-hydrogen) atoms. The molecule has 0 spiro atoms. The number of nitrogens with zero attached hydrogens (tertiary/aromatic N) is 1. The molecular formula is C18H36N2S. The number of hydrogen-bond acceptors (Lipinski definition) is 3. The van der Waals surface area contributed by atoms with E-state index in [1.54, 1.807) is 0 Å². The topological polar surface area (TPSA) is 15.3 Å². The second kappa shape index (κ2) is 9.42. The van der Waals surface area contributed by atoms with Crippen LogP contribution in [0.2, 0.25) is 0 Å². The lowest BCUT2D eigenvalue weighted by Gasteiger charge is -2.42. The van der Waals surface area contributed by atoms with Gasteiger partial charge in [0.1, 0.15) is 0 Å². The van der Waals surface area contributed by atoms with Crippen molar-refractivity contribution in [2.75, 3.05) is 31.1 Å². The second-order valence-electron chi connectivity index (χ2n) is 7.21. The predicted molar refractivity (Wildman–Crippen MR) is 96.2 cm³/mol. The van der Waals surface area contributed by atoms with Gasteiger partial charge in [0.2, 0.25) is 0 Å².